The second kappa shape index (κ2) is 10.0. The van der Waals surface area contributed by atoms with Gasteiger partial charge in [-0.1, -0.05) is 32.0 Å². The van der Waals surface area contributed by atoms with Crippen molar-refractivity contribution in [3.05, 3.63) is 48.0 Å². The number of carbonyl (C=O) groups is 1. The number of amidine groups is 1. The van der Waals surface area contributed by atoms with Crippen LogP contribution in [0, 0.1) is 0 Å². The van der Waals surface area contributed by atoms with Crippen molar-refractivity contribution in [2.45, 2.75) is 20.8 Å². The molecule has 158 valence electrons. The Morgan fingerprint density at radius 3 is 2.63 bits per heavy atom. The Morgan fingerprint density at radius 2 is 1.90 bits per heavy atom. The molecule has 7 heteroatoms. The molecule has 0 aliphatic carbocycles. The van der Waals surface area contributed by atoms with Crippen LogP contribution in [0.2, 0.25) is 0 Å². The molecule has 0 radical (unpaired) electrons. The van der Waals surface area contributed by atoms with Crippen molar-refractivity contribution in [3.63, 3.8) is 0 Å². The van der Waals surface area contributed by atoms with Crippen LogP contribution < -0.4 is 10.2 Å². The Morgan fingerprint density at radius 1 is 1.17 bits per heavy atom. The fourth-order valence-electron chi connectivity index (χ4n) is 3.31. The van der Waals surface area contributed by atoms with Gasteiger partial charge in [0, 0.05) is 31.4 Å². The summed E-state index contributed by atoms with van der Waals surface area (Å²) < 4.78 is 5.44. The Bertz CT molecular complexity index is 1040. The third-order valence-corrected chi connectivity index (χ3v) is 4.88. The molecule has 2 heterocycles. The average Bonchev–Trinajstić information content (AvgIpc) is 3.25. The lowest BCUT2D eigenvalue weighted by molar-refractivity contribution is 0.0978. The minimum Gasteiger partial charge on any atom is -0.378 e. The lowest BCUT2D eigenvalue weighted by atomic mass is 10.1. The van der Waals surface area contributed by atoms with E-state index in [1.165, 1.54) is 0 Å². The van der Waals surface area contributed by atoms with Gasteiger partial charge in [0.25, 0.3) is 5.91 Å². The molecule has 0 saturated carbocycles. The summed E-state index contributed by atoms with van der Waals surface area (Å²) >= 11 is 0. The van der Waals surface area contributed by atoms with Crippen LogP contribution in [0.4, 0.5) is 5.69 Å². The largest absolute Gasteiger partial charge is 0.378 e. The fraction of sp³-hybridized carbons (Fsp3) is 0.348. The van der Waals surface area contributed by atoms with Crippen molar-refractivity contribution in [2.75, 3.05) is 38.3 Å². The maximum absolute atomic E-state index is 12.6. The predicted molar refractivity (Wildman–Crippen MR) is 122 cm³/mol. The monoisotopic (exact) mass is 407 g/mol. The van der Waals surface area contributed by atoms with Gasteiger partial charge < -0.3 is 19.9 Å². The topological polar surface area (TPSA) is 82.6 Å². The Hall–Kier alpha value is -3.19. The highest BCUT2D eigenvalue weighted by atomic mass is 16.5. The number of anilines is 1. The van der Waals surface area contributed by atoms with Crippen LogP contribution in [0.25, 0.3) is 22.4 Å². The highest BCUT2D eigenvalue weighted by molar-refractivity contribution is 6.11. The van der Waals surface area contributed by atoms with E-state index in [0.29, 0.717) is 16.9 Å². The minimum atomic E-state index is -0.214. The van der Waals surface area contributed by atoms with Crippen LogP contribution in [0.3, 0.4) is 0 Å². The number of benzene rings is 2. The van der Waals surface area contributed by atoms with Gasteiger partial charge in [-0.2, -0.15) is 0 Å². The maximum atomic E-state index is 12.6. The summed E-state index contributed by atoms with van der Waals surface area (Å²) in [6.45, 7) is 9.01. The first-order valence-corrected chi connectivity index (χ1v) is 10.3. The summed E-state index contributed by atoms with van der Waals surface area (Å²) in [5.41, 5.74) is 4.13. The minimum absolute atomic E-state index is 0.214. The number of amides is 1. The molecule has 1 saturated heterocycles. The van der Waals surface area contributed by atoms with Gasteiger partial charge in [0.15, 0.2) is 0 Å². The number of aromatic amines is 1. The molecule has 1 amide bonds. The van der Waals surface area contributed by atoms with Crippen LogP contribution >= 0.6 is 0 Å². The zero-order valence-electron chi connectivity index (χ0n) is 18.0. The zero-order valence-corrected chi connectivity index (χ0v) is 18.0. The SMILES string of the molecule is CC.CN=C(C)NC(=O)c1cccc2[nH]c(-c3cccc(N4CCOCC4)c3)nc12. The molecule has 2 N–H and O–H groups in total. The van der Waals surface area contributed by atoms with Crippen LogP contribution in [0.15, 0.2) is 47.5 Å². The van der Waals surface area contributed by atoms with Gasteiger partial charge in [-0.25, -0.2) is 4.98 Å². The average molecular weight is 408 g/mol. The van der Waals surface area contributed by atoms with Crippen LogP contribution in [0.1, 0.15) is 31.1 Å². The fourth-order valence-corrected chi connectivity index (χ4v) is 3.31. The molecular weight excluding hydrogens is 378 g/mol. The second-order valence-electron chi connectivity index (χ2n) is 6.70. The molecule has 1 aliphatic heterocycles. The smallest absolute Gasteiger partial charge is 0.258 e. The quantitative estimate of drug-likeness (QED) is 0.510. The number of nitrogens with zero attached hydrogens (tertiary/aromatic N) is 3. The van der Waals surface area contributed by atoms with Crippen molar-refractivity contribution in [1.82, 2.24) is 15.3 Å². The number of para-hydroxylation sites is 1. The Balaban J connectivity index is 0.00000124. The third-order valence-electron chi connectivity index (χ3n) is 4.88. The molecule has 4 rings (SSSR count). The molecule has 2 aromatic carbocycles. The number of rotatable bonds is 3. The summed E-state index contributed by atoms with van der Waals surface area (Å²) in [5, 5.41) is 2.78. The van der Waals surface area contributed by atoms with Crippen molar-refractivity contribution < 1.29 is 9.53 Å². The van der Waals surface area contributed by atoms with E-state index in [-0.39, 0.29) is 5.91 Å². The number of aromatic nitrogens is 2. The van der Waals surface area contributed by atoms with Gasteiger partial charge >= 0.3 is 0 Å². The number of H-pyrrole nitrogens is 1. The van der Waals surface area contributed by atoms with Gasteiger partial charge in [-0.15, -0.1) is 0 Å². The summed E-state index contributed by atoms with van der Waals surface area (Å²) in [6.07, 6.45) is 0. The lowest BCUT2D eigenvalue weighted by Crippen LogP contribution is -2.36. The first-order valence-electron chi connectivity index (χ1n) is 10.3. The van der Waals surface area contributed by atoms with Crippen molar-refractivity contribution in [1.29, 1.82) is 0 Å². The number of hydrogen-bond acceptors (Lipinski definition) is 5. The molecule has 30 heavy (non-hydrogen) atoms. The van der Waals surface area contributed by atoms with E-state index in [0.717, 1.165) is 48.9 Å². The molecule has 7 nitrogen and oxygen atoms in total. The van der Waals surface area contributed by atoms with Crippen LogP contribution in [-0.4, -0.2) is 55.1 Å². The number of carbonyl (C=O) groups excluding carboxylic acids is 1. The molecule has 0 spiro atoms. The molecule has 0 bridgehead atoms. The van der Waals surface area contributed by atoms with Gasteiger partial charge in [0.1, 0.15) is 11.3 Å². The van der Waals surface area contributed by atoms with Crippen molar-refractivity contribution in [3.8, 4) is 11.4 Å². The number of nitrogens with one attached hydrogen (secondary N) is 2. The second-order valence-corrected chi connectivity index (χ2v) is 6.70. The van der Waals surface area contributed by atoms with Gasteiger partial charge in [-0.05, 0) is 31.2 Å². The summed E-state index contributed by atoms with van der Waals surface area (Å²) in [5.74, 6) is 1.09. The Labute approximate surface area is 177 Å². The van der Waals surface area contributed by atoms with Crippen LogP contribution in [-0.2, 0) is 4.74 Å². The molecule has 0 atom stereocenters. The van der Waals surface area contributed by atoms with Crippen molar-refractivity contribution in [2.24, 2.45) is 4.99 Å². The van der Waals surface area contributed by atoms with Crippen LogP contribution in [0.5, 0.6) is 0 Å². The predicted octanol–water partition coefficient (Wildman–Crippen LogP) is 3.87. The lowest BCUT2D eigenvalue weighted by Gasteiger charge is -2.29. The molecule has 1 fully saturated rings. The van der Waals surface area contributed by atoms with Crippen molar-refractivity contribution >= 4 is 28.5 Å². The van der Waals surface area contributed by atoms with Gasteiger partial charge in [-0.3, -0.25) is 9.79 Å². The molecule has 1 aromatic heterocycles. The van der Waals surface area contributed by atoms with E-state index >= 15 is 0 Å². The molecule has 1 aliphatic rings. The number of ether oxygens (including phenoxy) is 1. The number of morpholine rings is 1. The van der Waals surface area contributed by atoms with E-state index in [1.54, 1.807) is 20.0 Å². The van der Waals surface area contributed by atoms with E-state index in [9.17, 15) is 4.79 Å². The molecule has 0 unspecified atom stereocenters. The first-order chi connectivity index (χ1) is 14.7. The first kappa shape index (κ1) is 21.5. The molecular formula is C23H29N5O2. The summed E-state index contributed by atoms with van der Waals surface area (Å²) in [6, 6.07) is 13.8. The van der Waals surface area contributed by atoms with E-state index in [2.05, 4.69) is 32.3 Å². The third kappa shape index (κ3) is 4.68. The number of fused-ring (bicyclic) bond motifs is 1. The zero-order chi connectivity index (χ0) is 21.5. The normalized spacial score (nSPS) is 14.3. The number of imidazole rings is 1. The van der Waals surface area contributed by atoms with E-state index < -0.39 is 0 Å². The Kier molecular flexibility index (Phi) is 7.19. The van der Waals surface area contributed by atoms with E-state index in [4.69, 9.17) is 9.72 Å². The standard InChI is InChI=1S/C21H23N5O2.C2H6/c1-14(22-2)23-21(27)17-7-4-8-18-19(17)25-20(24-18)15-5-3-6-16(13-15)26-9-11-28-12-10-26;1-2/h3-8,13H,9-12H2,1-2H3,(H,24,25)(H,22,23,27);1-2H3. The van der Waals surface area contributed by atoms with Gasteiger partial charge in [0.05, 0.1) is 30.1 Å². The summed E-state index contributed by atoms with van der Waals surface area (Å²) in [7, 11) is 1.64. The number of hydrogen-bond donors (Lipinski definition) is 2. The maximum Gasteiger partial charge on any atom is 0.258 e. The highest BCUT2D eigenvalue weighted by Crippen LogP contribution is 2.26. The highest BCUT2D eigenvalue weighted by Gasteiger charge is 2.16. The summed E-state index contributed by atoms with van der Waals surface area (Å²) in [4.78, 5) is 26.9. The van der Waals surface area contributed by atoms with E-state index in [1.807, 2.05) is 38.1 Å². The number of aliphatic imine (C=N–C) groups is 1. The van der Waals surface area contributed by atoms with Gasteiger partial charge in [0.2, 0.25) is 0 Å². The molecule has 3 aromatic rings.